The molecule has 1 aromatic rings. The van der Waals surface area contributed by atoms with Crippen molar-refractivity contribution in [2.24, 2.45) is 0 Å². The lowest BCUT2D eigenvalue weighted by Crippen LogP contribution is -2.36. The zero-order valence-electron chi connectivity index (χ0n) is 11.9. The van der Waals surface area contributed by atoms with Gasteiger partial charge in [0.25, 0.3) is 0 Å². The molecule has 21 heavy (non-hydrogen) atoms. The largest absolute Gasteiger partial charge is 0.395 e. The molecule has 1 unspecified atom stereocenters. The lowest BCUT2D eigenvalue weighted by molar-refractivity contribution is 0.305. The topological polar surface area (TPSA) is 57.6 Å². The van der Waals surface area contributed by atoms with Gasteiger partial charge in [0.15, 0.2) is 0 Å². The molecule has 1 aliphatic rings. The van der Waals surface area contributed by atoms with Crippen LogP contribution in [0.3, 0.4) is 0 Å². The predicted octanol–water partition coefficient (Wildman–Crippen LogP) is 1.55. The van der Waals surface area contributed by atoms with Gasteiger partial charge < -0.3 is 5.11 Å². The number of hydrogen-bond donors (Lipinski definition) is 1. The van der Waals surface area contributed by atoms with Crippen LogP contribution in [0.4, 0.5) is 0 Å². The summed E-state index contributed by atoms with van der Waals surface area (Å²) < 4.78 is 26.7. The van der Waals surface area contributed by atoms with Crippen molar-refractivity contribution in [2.45, 2.75) is 23.8 Å². The molecule has 0 bridgehead atoms. The second-order valence-electron chi connectivity index (χ2n) is 4.84. The number of aliphatic hydroxyl groups excluding tert-OH is 1. The van der Waals surface area contributed by atoms with E-state index in [1.54, 1.807) is 43.1 Å². The number of aliphatic hydroxyl groups is 1. The third kappa shape index (κ3) is 4.01. The third-order valence-electron chi connectivity index (χ3n) is 3.40. The first-order valence-corrected chi connectivity index (χ1v) is 9.41. The summed E-state index contributed by atoms with van der Waals surface area (Å²) in [6.07, 6.45) is 1.28. The van der Waals surface area contributed by atoms with Crippen LogP contribution in [0, 0.1) is 11.8 Å². The Morgan fingerprint density at radius 2 is 2.29 bits per heavy atom. The van der Waals surface area contributed by atoms with Crippen molar-refractivity contribution in [3.8, 4) is 11.8 Å². The average Bonchev–Trinajstić information content (AvgIpc) is 3.01. The molecule has 0 spiro atoms. The van der Waals surface area contributed by atoms with E-state index in [2.05, 4.69) is 11.8 Å². The molecule has 4 nitrogen and oxygen atoms in total. The van der Waals surface area contributed by atoms with Gasteiger partial charge >= 0.3 is 0 Å². The van der Waals surface area contributed by atoms with Crippen LogP contribution < -0.4 is 0 Å². The van der Waals surface area contributed by atoms with E-state index in [1.807, 2.05) is 0 Å². The molecule has 0 aromatic heterocycles. The van der Waals surface area contributed by atoms with E-state index in [-0.39, 0.29) is 17.5 Å². The Bertz CT molecular complexity index is 640. The van der Waals surface area contributed by atoms with Gasteiger partial charge in [-0.1, -0.05) is 17.9 Å². The van der Waals surface area contributed by atoms with Crippen LogP contribution in [-0.4, -0.2) is 49.0 Å². The van der Waals surface area contributed by atoms with E-state index in [0.29, 0.717) is 12.0 Å². The highest BCUT2D eigenvalue weighted by Gasteiger charge is 2.30. The normalized spacial score (nSPS) is 18.5. The maximum absolute atomic E-state index is 12.6. The maximum atomic E-state index is 12.6. The molecule has 1 atom stereocenters. The molecule has 1 N–H and O–H groups in total. The van der Waals surface area contributed by atoms with Gasteiger partial charge in [-0.15, -0.1) is 0 Å². The summed E-state index contributed by atoms with van der Waals surface area (Å²) in [5.41, 5.74) is 0.652. The zero-order chi connectivity index (χ0) is 15.3. The summed E-state index contributed by atoms with van der Waals surface area (Å²) in [5, 5.41) is 8.72. The van der Waals surface area contributed by atoms with Gasteiger partial charge in [-0.05, 0) is 30.4 Å². The number of sulfonamides is 1. The van der Waals surface area contributed by atoms with Crippen molar-refractivity contribution in [1.29, 1.82) is 0 Å². The van der Waals surface area contributed by atoms with E-state index in [0.717, 1.165) is 17.9 Å². The lowest BCUT2D eigenvalue weighted by atomic mass is 10.2. The van der Waals surface area contributed by atoms with Crippen LogP contribution in [0.25, 0.3) is 0 Å². The van der Waals surface area contributed by atoms with Gasteiger partial charge in [0.1, 0.15) is 0 Å². The highest BCUT2D eigenvalue weighted by atomic mass is 32.2. The fourth-order valence-corrected chi connectivity index (χ4v) is 4.92. The van der Waals surface area contributed by atoms with Crippen LogP contribution in [0.15, 0.2) is 29.2 Å². The van der Waals surface area contributed by atoms with Crippen LogP contribution >= 0.6 is 11.8 Å². The molecule has 2 rings (SSSR count). The standard InChI is InChI=1S/C15H19NO3S2/c1-16(14-8-10-20-12-14)21(18,19)15-7-4-6-13(11-15)5-2-3-9-17/h4,6-7,11,14,17H,3,8-10,12H2,1H3. The third-order valence-corrected chi connectivity index (χ3v) is 6.45. The summed E-state index contributed by atoms with van der Waals surface area (Å²) in [6, 6.07) is 6.75. The molecule has 1 fully saturated rings. The average molecular weight is 325 g/mol. The van der Waals surface area contributed by atoms with E-state index in [9.17, 15) is 8.42 Å². The molecule has 0 saturated carbocycles. The highest BCUT2D eigenvalue weighted by Crippen LogP contribution is 2.26. The SMILES string of the molecule is CN(C1CCSC1)S(=O)(=O)c1cccc(C#CCCO)c1. The monoisotopic (exact) mass is 325 g/mol. The second-order valence-corrected chi connectivity index (χ2v) is 7.99. The highest BCUT2D eigenvalue weighted by molar-refractivity contribution is 7.99. The van der Waals surface area contributed by atoms with Crippen molar-refractivity contribution < 1.29 is 13.5 Å². The van der Waals surface area contributed by atoms with E-state index in [4.69, 9.17) is 5.11 Å². The number of rotatable bonds is 4. The zero-order valence-corrected chi connectivity index (χ0v) is 13.6. The molecule has 0 radical (unpaired) electrons. The number of benzene rings is 1. The first-order chi connectivity index (χ1) is 10.1. The molecular formula is C15H19NO3S2. The van der Waals surface area contributed by atoms with E-state index < -0.39 is 10.0 Å². The minimum Gasteiger partial charge on any atom is -0.395 e. The molecule has 6 heteroatoms. The van der Waals surface area contributed by atoms with Crippen LogP contribution in [0.2, 0.25) is 0 Å². The second kappa shape index (κ2) is 7.32. The molecule has 1 heterocycles. The Kier molecular flexibility index (Phi) is 5.71. The van der Waals surface area contributed by atoms with Gasteiger partial charge in [0.2, 0.25) is 10.0 Å². The predicted molar refractivity (Wildman–Crippen MR) is 85.7 cm³/mol. The van der Waals surface area contributed by atoms with Crippen molar-refractivity contribution >= 4 is 21.8 Å². The van der Waals surface area contributed by atoms with E-state index in [1.165, 1.54) is 4.31 Å². The van der Waals surface area contributed by atoms with Gasteiger partial charge in [0, 0.05) is 30.8 Å². The summed E-state index contributed by atoms with van der Waals surface area (Å²) in [7, 11) is -1.82. The van der Waals surface area contributed by atoms with Crippen LogP contribution in [-0.2, 0) is 10.0 Å². The summed E-state index contributed by atoms with van der Waals surface area (Å²) in [6.45, 7) is 0.00702. The molecule has 114 valence electrons. The fraction of sp³-hybridized carbons (Fsp3) is 0.467. The number of thioether (sulfide) groups is 1. The van der Waals surface area contributed by atoms with Crippen molar-refractivity contribution in [3.63, 3.8) is 0 Å². The van der Waals surface area contributed by atoms with Gasteiger partial charge in [-0.3, -0.25) is 0 Å². The van der Waals surface area contributed by atoms with Crippen molar-refractivity contribution in [3.05, 3.63) is 29.8 Å². The van der Waals surface area contributed by atoms with Gasteiger partial charge in [0.05, 0.1) is 11.5 Å². The molecule has 1 aliphatic heterocycles. The molecular weight excluding hydrogens is 306 g/mol. The number of hydrogen-bond acceptors (Lipinski definition) is 4. The van der Waals surface area contributed by atoms with Crippen LogP contribution in [0.5, 0.6) is 0 Å². The molecule has 1 saturated heterocycles. The van der Waals surface area contributed by atoms with Crippen LogP contribution in [0.1, 0.15) is 18.4 Å². The maximum Gasteiger partial charge on any atom is 0.243 e. The number of nitrogens with zero attached hydrogens (tertiary/aromatic N) is 1. The first kappa shape index (κ1) is 16.4. The smallest absolute Gasteiger partial charge is 0.243 e. The molecule has 1 aromatic carbocycles. The molecule has 0 amide bonds. The summed E-state index contributed by atoms with van der Waals surface area (Å²) in [5.74, 6) is 7.54. The Morgan fingerprint density at radius 1 is 1.48 bits per heavy atom. The minimum absolute atomic E-state index is 0.00702. The van der Waals surface area contributed by atoms with Crippen molar-refractivity contribution in [2.75, 3.05) is 25.2 Å². The Balaban J connectivity index is 2.24. The minimum atomic E-state index is -3.47. The Hall–Kier alpha value is -1.00. The summed E-state index contributed by atoms with van der Waals surface area (Å²) in [4.78, 5) is 0.276. The van der Waals surface area contributed by atoms with Crippen molar-refractivity contribution in [1.82, 2.24) is 4.31 Å². The van der Waals surface area contributed by atoms with Gasteiger partial charge in [-0.25, -0.2) is 8.42 Å². The fourth-order valence-electron chi connectivity index (χ4n) is 2.13. The Morgan fingerprint density at radius 3 is 2.95 bits per heavy atom. The molecule has 0 aliphatic carbocycles. The lowest BCUT2D eigenvalue weighted by Gasteiger charge is -2.23. The quantitative estimate of drug-likeness (QED) is 0.853. The summed E-state index contributed by atoms with van der Waals surface area (Å²) >= 11 is 1.79. The Labute approximate surface area is 130 Å². The first-order valence-electron chi connectivity index (χ1n) is 6.81. The van der Waals surface area contributed by atoms with Gasteiger partial charge in [-0.2, -0.15) is 16.1 Å². The van der Waals surface area contributed by atoms with E-state index >= 15 is 0 Å².